The number of hydrogen-bond acceptors (Lipinski definition) is 2. The van der Waals surface area contributed by atoms with Crippen LogP contribution in [0.3, 0.4) is 0 Å². The van der Waals surface area contributed by atoms with Gasteiger partial charge in [-0.05, 0) is 29.8 Å². The molecule has 0 spiro atoms. The lowest BCUT2D eigenvalue weighted by atomic mass is 10.1. The van der Waals surface area contributed by atoms with Crippen molar-refractivity contribution in [3.05, 3.63) is 42.5 Å². The molecule has 0 saturated carbocycles. The minimum Gasteiger partial charge on any atom is -0.392 e. The van der Waals surface area contributed by atoms with Crippen LogP contribution >= 0.6 is 0 Å². The lowest BCUT2D eigenvalue weighted by molar-refractivity contribution is 0.219. The third-order valence-corrected chi connectivity index (χ3v) is 3.94. The molecule has 84 valence electrons. The molecule has 0 aromatic heterocycles. The van der Waals surface area contributed by atoms with Crippen molar-refractivity contribution in [3.8, 4) is 0 Å². The maximum Gasteiger partial charge on any atom is 0.0630 e. The van der Waals surface area contributed by atoms with E-state index in [4.69, 9.17) is 0 Å². The fraction of sp³-hybridized carbons (Fsp3) is 0.231. The first kappa shape index (κ1) is 11.3. The molecule has 0 fully saturated rings. The topological polar surface area (TPSA) is 37.3 Å². The molecule has 0 bridgehead atoms. The van der Waals surface area contributed by atoms with Gasteiger partial charge in [-0.3, -0.25) is 4.21 Å². The van der Waals surface area contributed by atoms with E-state index in [2.05, 4.69) is 0 Å². The molecule has 2 nitrogen and oxygen atoms in total. The van der Waals surface area contributed by atoms with Crippen LogP contribution in [0.25, 0.3) is 10.8 Å². The maximum absolute atomic E-state index is 11.8. The maximum atomic E-state index is 11.8. The zero-order chi connectivity index (χ0) is 11.5. The van der Waals surface area contributed by atoms with Gasteiger partial charge in [-0.25, -0.2) is 0 Å². The van der Waals surface area contributed by atoms with Crippen LogP contribution < -0.4 is 0 Å². The monoisotopic (exact) mass is 234 g/mol. The van der Waals surface area contributed by atoms with Gasteiger partial charge in [0.1, 0.15) is 0 Å². The molecule has 3 heteroatoms. The number of hydrogen-bond donors (Lipinski definition) is 1. The van der Waals surface area contributed by atoms with Gasteiger partial charge in [0.15, 0.2) is 0 Å². The zero-order valence-corrected chi connectivity index (χ0v) is 9.91. The number of aliphatic hydroxyl groups is 1. The summed E-state index contributed by atoms with van der Waals surface area (Å²) in [5.74, 6) is 0.290. The molecule has 0 aliphatic rings. The highest BCUT2D eigenvalue weighted by Crippen LogP contribution is 2.18. The van der Waals surface area contributed by atoms with E-state index < -0.39 is 16.9 Å². The average Bonchev–Trinajstić information content (AvgIpc) is 2.27. The molecule has 2 aromatic carbocycles. The highest BCUT2D eigenvalue weighted by atomic mass is 32.2. The summed E-state index contributed by atoms with van der Waals surface area (Å²) in [4.78, 5) is 0.777. The second-order valence-electron chi connectivity index (χ2n) is 3.87. The molecule has 2 rings (SSSR count). The van der Waals surface area contributed by atoms with E-state index in [0.717, 1.165) is 15.7 Å². The molecular formula is C13H14O2S. The quantitative estimate of drug-likeness (QED) is 0.885. The standard InChI is InChI=1S/C13H14O2S/c1-10(14)9-16(15)13-7-6-11-4-2-3-5-12(11)8-13/h2-8,10,14H,9H2,1H3/t10-,16?/m1/s1. The Morgan fingerprint density at radius 3 is 2.56 bits per heavy atom. The van der Waals surface area contributed by atoms with Crippen LogP contribution in [0.2, 0.25) is 0 Å². The van der Waals surface area contributed by atoms with Gasteiger partial charge in [0, 0.05) is 4.90 Å². The predicted molar refractivity (Wildman–Crippen MR) is 66.9 cm³/mol. The molecule has 16 heavy (non-hydrogen) atoms. The highest BCUT2D eigenvalue weighted by Gasteiger charge is 2.07. The zero-order valence-electron chi connectivity index (χ0n) is 9.09. The number of rotatable bonds is 3. The van der Waals surface area contributed by atoms with Crippen LogP contribution in [-0.4, -0.2) is 21.2 Å². The summed E-state index contributed by atoms with van der Waals surface area (Å²) in [7, 11) is -1.12. The van der Waals surface area contributed by atoms with Gasteiger partial charge in [0.25, 0.3) is 0 Å². The van der Waals surface area contributed by atoms with E-state index in [1.165, 1.54) is 0 Å². The van der Waals surface area contributed by atoms with Crippen molar-refractivity contribution < 1.29 is 9.32 Å². The van der Waals surface area contributed by atoms with E-state index in [1.54, 1.807) is 6.92 Å². The molecule has 2 aromatic rings. The first-order valence-electron chi connectivity index (χ1n) is 5.22. The lowest BCUT2D eigenvalue weighted by Gasteiger charge is -2.05. The lowest BCUT2D eigenvalue weighted by Crippen LogP contribution is -2.12. The van der Waals surface area contributed by atoms with Crippen LogP contribution in [0.15, 0.2) is 47.4 Å². The van der Waals surface area contributed by atoms with Gasteiger partial charge in [0.2, 0.25) is 0 Å². The average molecular weight is 234 g/mol. The summed E-state index contributed by atoms with van der Waals surface area (Å²) in [5.41, 5.74) is 0. The first-order chi connectivity index (χ1) is 7.66. The van der Waals surface area contributed by atoms with Gasteiger partial charge in [-0.2, -0.15) is 0 Å². The van der Waals surface area contributed by atoms with E-state index >= 15 is 0 Å². The van der Waals surface area contributed by atoms with Crippen LogP contribution in [0.1, 0.15) is 6.92 Å². The van der Waals surface area contributed by atoms with Crippen molar-refractivity contribution in [2.24, 2.45) is 0 Å². The summed E-state index contributed by atoms with van der Waals surface area (Å²) in [6, 6.07) is 13.7. The summed E-state index contributed by atoms with van der Waals surface area (Å²) in [6.07, 6.45) is -0.535. The van der Waals surface area contributed by atoms with Crippen molar-refractivity contribution in [2.45, 2.75) is 17.9 Å². The van der Waals surface area contributed by atoms with E-state index in [0.29, 0.717) is 5.75 Å². The molecule has 2 atom stereocenters. The number of aliphatic hydroxyl groups excluding tert-OH is 1. The molecule has 1 N–H and O–H groups in total. The van der Waals surface area contributed by atoms with Crippen LogP contribution in [-0.2, 0) is 10.8 Å². The van der Waals surface area contributed by atoms with Crippen LogP contribution in [0.4, 0.5) is 0 Å². The molecular weight excluding hydrogens is 220 g/mol. The Kier molecular flexibility index (Phi) is 3.36. The molecule has 0 heterocycles. The Bertz CT molecular complexity index is 520. The van der Waals surface area contributed by atoms with E-state index in [9.17, 15) is 9.32 Å². The van der Waals surface area contributed by atoms with Gasteiger partial charge in [0.05, 0.1) is 22.7 Å². The Balaban J connectivity index is 2.35. The predicted octanol–water partition coefficient (Wildman–Crippen LogP) is 2.33. The van der Waals surface area contributed by atoms with Crippen molar-refractivity contribution in [2.75, 3.05) is 5.75 Å². The van der Waals surface area contributed by atoms with Crippen molar-refractivity contribution in [1.29, 1.82) is 0 Å². The summed E-state index contributed by atoms with van der Waals surface area (Å²) in [5, 5.41) is 11.4. The summed E-state index contributed by atoms with van der Waals surface area (Å²) < 4.78 is 11.8. The Hall–Kier alpha value is -1.19. The Labute approximate surface area is 97.4 Å². The molecule has 0 aliphatic carbocycles. The van der Waals surface area contributed by atoms with Crippen LogP contribution in [0.5, 0.6) is 0 Å². The van der Waals surface area contributed by atoms with Gasteiger partial charge >= 0.3 is 0 Å². The molecule has 0 radical (unpaired) electrons. The third kappa shape index (κ3) is 2.49. The van der Waals surface area contributed by atoms with Crippen molar-refractivity contribution in [1.82, 2.24) is 0 Å². The Morgan fingerprint density at radius 1 is 1.19 bits per heavy atom. The second-order valence-corrected chi connectivity index (χ2v) is 5.37. The Morgan fingerprint density at radius 2 is 1.88 bits per heavy atom. The molecule has 0 aliphatic heterocycles. The summed E-state index contributed by atoms with van der Waals surface area (Å²) >= 11 is 0. The van der Waals surface area contributed by atoms with Gasteiger partial charge in [-0.1, -0.05) is 30.3 Å². The fourth-order valence-electron chi connectivity index (χ4n) is 1.62. The van der Waals surface area contributed by atoms with Crippen molar-refractivity contribution in [3.63, 3.8) is 0 Å². The smallest absolute Gasteiger partial charge is 0.0630 e. The van der Waals surface area contributed by atoms with Gasteiger partial charge < -0.3 is 5.11 Å². The number of benzene rings is 2. The van der Waals surface area contributed by atoms with Crippen molar-refractivity contribution >= 4 is 21.6 Å². The third-order valence-electron chi connectivity index (χ3n) is 2.38. The minimum atomic E-state index is -1.12. The largest absolute Gasteiger partial charge is 0.392 e. The highest BCUT2D eigenvalue weighted by molar-refractivity contribution is 7.85. The molecule has 0 saturated heterocycles. The summed E-state index contributed by atoms with van der Waals surface area (Å²) in [6.45, 7) is 1.65. The normalized spacial score (nSPS) is 14.9. The number of fused-ring (bicyclic) bond motifs is 1. The second kappa shape index (κ2) is 4.76. The SMILES string of the molecule is C[C@@H](O)CS(=O)c1ccc2ccccc2c1. The molecule has 1 unspecified atom stereocenters. The molecule has 0 amide bonds. The first-order valence-corrected chi connectivity index (χ1v) is 6.54. The fourth-order valence-corrected chi connectivity index (χ4v) is 2.73. The van der Waals surface area contributed by atoms with E-state index in [-0.39, 0.29) is 0 Å². The van der Waals surface area contributed by atoms with E-state index in [1.807, 2.05) is 42.5 Å². The van der Waals surface area contributed by atoms with Gasteiger partial charge in [-0.15, -0.1) is 0 Å². The van der Waals surface area contributed by atoms with Crippen LogP contribution in [0, 0.1) is 0 Å². The minimum absolute atomic E-state index is 0.290.